The molecule has 2 N–H and O–H groups in total. The summed E-state index contributed by atoms with van der Waals surface area (Å²) in [7, 11) is 1.62. The van der Waals surface area contributed by atoms with Gasteiger partial charge in [0.15, 0.2) is 0 Å². The summed E-state index contributed by atoms with van der Waals surface area (Å²) in [6, 6.07) is 1.08. The predicted molar refractivity (Wildman–Crippen MR) is 80.2 cm³/mol. The van der Waals surface area contributed by atoms with E-state index in [2.05, 4.69) is 10.4 Å². The van der Waals surface area contributed by atoms with E-state index < -0.39 is 18.3 Å². The number of carboxylic acid groups (broad SMARTS) is 1. The zero-order valence-electron chi connectivity index (χ0n) is 12.9. The van der Waals surface area contributed by atoms with Crippen LogP contribution >= 0.6 is 0 Å². The normalized spacial score (nSPS) is 22.4. The van der Waals surface area contributed by atoms with Crippen molar-refractivity contribution in [1.29, 1.82) is 0 Å². The van der Waals surface area contributed by atoms with Crippen LogP contribution in [-0.2, 0) is 17.8 Å². The average molecular weight is 325 g/mol. The van der Waals surface area contributed by atoms with Gasteiger partial charge in [0.2, 0.25) is 0 Å². The number of hydrogen-bond donors (Lipinski definition) is 2. The molecule has 0 spiro atoms. The summed E-state index contributed by atoms with van der Waals surface area (Å²) >= 11 is 0. The lowest BCUT2D eigenvalue weighted by Crippen LogP contribution is -2.48. The molecule has 1 unspecified atom stereocenters. The minimum Gasteiger partial charge on any atom is -0.465 e. The SMILES string of the molecule is CN1C(=O)C(NC(=O)O)CCn2nc(CCN3CC(F)C3)cc21. The van der Waals surface area contributed by atoms with Crippen molar-refractivity contribution in [1.82, 2.24) is 20.0 Å². The minimum absolute atomic E-state index is 0.291. The maximum absolute atomic E-state index is 12.8. The van der Waals surface area contributed by atoms with Gasteiger partial charge in [-0.1, -0.05) is 0 Å². The third kappa shape index (κ3) is 3.29. The first-order valence-corrected chi connectivity index (χ1v) is 7.64. The number of amides is 2. The standard InChI is InChI=1S/C14H20FN5O3/c1-18-12-6-10(2-4-19-7-9(15)8-19)17-20(12)5-3-11(13(18)21)16-14(22)23/h6,9,11,16H,2-5,7-8H2,1H3,(H,22,23). The first-order valence-electron chi connectivity index (χ1n) is 7.64. The Balaban J connectivity index is 1.66. The molecule has 3 heterocycles. The molecule has 0 aliphatic carbocycles. The number of rotatable bonds is 4. The van der Waals surface area contributed by atoms with Gasteiger partial charge in [-0.15, -0.1) is 0 Å². The molecule has 126 valence electrons. The number of halogens is 1. The summed E-state index contributed by atoms with van der Waals surface area (Å²) in [6.45, 7) is 2.17. The van der Waals surface area contributed by atoms with Crippen molar-refractivity contribution in [3.05, 3.63) is 11.8 Å². The third-order valence-corrected chi connectivity index (χ3v) is 4.31. The van der Waals surface area contributed by atoms with E-state index in [0.717, 1.165) is 12.2 Å². The van der Waals surface area contributed by atoms with E-state index in [1.54, 1.807) is 11.7 Å². The van der Waals surface area contributed by atoms with Crippen LogP contribution < -0.4 is 10.2 Å². The van der Waals surface area contributed by atoms with E-state index in [-0.39, 0.29) is 5.91 Å². The Morgan fingerprint density at radius 2 is 2.26 bits per heavy atom. The average Bonchev–Trinajstić information content (AvgIpc) is 2.84. The second-order valence-corrected chi connectivity index (χ2v) is 6.01. The van der Waals surface area contributed by atoms with E-state index in [4.69, 9.17) is 5.11 Å². The number of alkyl halides is 1. The summed E-state index contributed by atoms with van der Waals surface area (Å²) in [5.41, 5.74) is 0.853. The van der Waals surface area contributed by atoms with Crippen LogP contribution in [0.5, 0.6) is 0 Å². The van der Waals surface area contributed by atoms with Gasteiger partial charge in [-0.05, 0) is 6.42 Å². The second kappa shape index (κ2) is 6.15. The maximum Gasteiger partial charge on any atom is 0.405 e. The number of likely N-dealkylation sites (N-methyl/N-ethyl adjacent to an activating group) is 1. The van der Waals surface area contributed by atoms with Crippen LogP contribution in [0, 0.1) is 0 Å². The summed E-state index contributed by atoms with van der Waals surface area (Å²) in [6.07, 6.45) is -0.862. The quantitative estimate of drug-likeness (QED) is 0.818. The Bertz CT molecular complexity index is 614. The van der Waals surface area contributed by atoms with Gasteiger partial charge in [0.25, 0.3) is 5.91 Å². The molecule has 0 bridgehead atoms. The lowest BCUT2D eigenvalue weighted by Gasteiger charge is -2.33. The number of anilines is 1. The highest BCUT2D eigenvalue weighted by Gasteiger charge is 2.31. The van der Waals surface area contributed by atoms with Gasteiger partial charge in [0.05, 0.1) is 5.69 Å². The van der Waals surface area contributed by atoms with Crippen molar-refractivity contribution in [3.8, 4) is 0 Å². The van der Waals surface area contributed by atoms with Crippen LogP contribution in [0.2, 0.25) is 0 Å². The third-order valence-electron chi connectivity index (χ3n) is 4.31. The molecule has 1 atom stereocenters. The number of carbonyl (C=O) groups is 2. The van der Waals surface area contributed by atoms with Gasteiger partial charge >= 0.3 is 6.09 Å². The van der Waals surface area contributed by atoms with E-state index in [1.165, 1.54) is 4.90 Å². The highest BCUT2D eigenvalue weighted by molar-refractivity contribution is 5.97. The number of hydrogen-bond acceptors (Lipinski definition) is 4. The van der Waals surface area contributed by atoms with Crippen LogP contribution in [0.15, 0.2) is 6.07 Å². The molecule has 8 nitrogen and oxygen atoms in total. The van der Waals surface area contributed by atoms with Crippen molar-refractivity contribution in [2.45, 2.75) is 31.6 Å². The van der Waals surface area contributed by atoms with E-state index in [1.807, 2.05) is 11.0 Å². The highest BCUT2D eigenvalue weighted by atomic mass is 19.1. The molecule has 23 heavy (non-hydrogen) atoms. The number of fused-ring (bicyclic) bond motifs is 1. The molecule has 2 aliphatic heterocycles. The van der Waals surface area contributed by atoms with E-state index in [0.29, 0.717) is 38.3 Å². The molecule has 1 aromatic rings. The molecule has 1 saturated heterocycles. The topological polar surface area (TPSA) is 90.7 Å². The number of aromatic nitrogens is 2. The number of likely N-dealkylation sites (tertiary alicyclic amines) is 1. The van der Waals surface area contributed by atoms with Gasteiger partial charge in [-0.3, -0.25) is 14.6 Å². The zero-order valence-corrected chi connectivity index (χ0v) is 12.9. The fourth-order valence-electron chi connectivity index (χ4n) is 2.98. The minimum atomic E-state index is -1.21. The summed E-state index contributed by atoms with van der Waals surface area (Å²) in [4.78, 5) is 26.5. The van der Waals surface area contributed by atoms with Crippen LogP contribution in [0.1, 0.15) is 12.1 Å². The van der Waals surface area contributed by atoms with Crippen LogP contribution in [0.4, 0.5) is 15.0 Å². The Labute approximate surface area is 132 Å². The molecule has 0 saturated carbocycles. The molecule has 0 radical (unpaired) electrons. The highest BCUT2D eigenvalue weighted by Crippen LogP contribution is 2.22. The number of aryl methyl sites for hydroxylation is 1. The Morgan fingerprint density at radius 1 is 1.52 bits per heavy atom. The van der Waals surface area contributed by atoms with Crippen LogP contribution in [0.25, 0.3) is 0 Å². The molecule has 0 aromatic carbocycles. The smallest absolute Gasteiger partial charge is 0.405 e. The number of carbonyl (C=O) groups excluding carboxylic acids is 1. The lowest BCUT2D eigenvalue weighted by atomic mass is 10.1. The molecule has 3 rings (SSSR count). The molecule has 1 aromatic heterocycles. The van der Waals surface area contributed by atoms with Gasteiger partial charge < -0.3 is 10.4 Å². The van der Waals surface area contributed by atoms with Gasteiger partial charge in [-0.25, -0.2) is 13.9 Å². The zero-order chi connectivity index (χ0) is 16.6. The van der Waals surface area contributed by atoms with Crippen molar-refractivity contribution < 1.29 is 19.1 Å². The molecular formula is C14H20FN5O3. The predicted octanol–water partition coefficient (Wildman–Crippen LogP) is 0.0820. The fraction of sp³-hybridized carbons (Fsp3) is 0.643. The van der Waals surface area contributed by atoms with Crippen molar-refractivity contribution in [2.75, 3.05) is 31.6 Å². The molecule has 1 fully saturated rings. The van der Waals surface area contributed by atoms with E-state index in [9.17, 15) is 14.0 Å². The fourth-order valence-corrected chi connectivity index (χ4v) is 2.98. The van der Waals surface area contributed by atoms with Crippen LogP contribution in [-0.4, -0.2) is 70.7 Å². The van der Waals surface area contributed by atoms with Crippen molar-refractivity contribution in [3.63, 3.8) is 0 Å². The lowest BCUT2D eigenvalue weighted by molar-refractivity contribution is -0.120. The largest absolute Gasteiger partial charge is 0.465 e. The van der Waals surface area contributed by atoms with Gasteiger partial charge in [0.1, 0.15) is 18.0 Å². The Kier molecular flexibility index (Phi) is 4.20. The Morgan fingerprint density at radius 3 is 2.91 bits per heavy atom. The summed E-state index contributed by atoms with van der Waals surface area (Å²) < 4.78 is 14.5. The van der Waals surface area contributed by atoms with Crippen molar-refractivity contribution in [2.24, 2.45) is 0 Å². The summed E-state index contributed by atoms with van der Waals surface area (Å²) in [5.74, 6) is 0.368. The maximum atomic E-state index is 12.8. The van der Waals surface area contributed by atoms with Crippen molar-refractivity contribution >= 4 is 17.8 Å². The monoisotopic (exact) mass is 325 g/mol. The number of nitrogens with zero attached hydrogens (tertiary/aromatic N) is 4. The molecule has 2 aliphatic rings. The van der Waals surface area contributed by atoms with Gasteiger partial charge in [0, 0.05) is 45.7 Å². The second-order valence-electron chi connectivity index (χ2n) is 6.01. The Hall–Kier alpha value is -2.16. The molecule has 9 heteroatoms. The molecule has 2 amide bonds. The number of nitrogens with one attached hydrogen (secondary N) is 1. The van der Waals surface area contributed by atoms with Gasteiger partial charge in [-0.2, -0.15) is 5.10 Å². The van der Waals surface area contributed by atoms with E-state index >= 15 is 0 Å². The van der Waals surface area contributed by atoms with Crippen LogP contribution in [0.3, 0.4) is 0 Å². The first kappa shape index (κ1) is 15.7. The first-order chi connectivity index (χ1) is 10.9. The molecular weight excluding hydrogens is 305 g/mol. The summed E-state index contributed by atoms with van der Waals surface area (Å²) in [5, 5.41) is 15.5.